The largest absolute Gasteiger partial charge is 0.494 e. The molecule has 2 aliphatic rings. The van der Waals surface area contributed by atoms with Crippen LogP contribution in [0.5, 0.6) is 0 Å². The number of carbonyl (C=O) groups is 2. The topological polar surface area (TPSA) is 77.1 Å². The van der Waals surface area contributed by atoms with E-state index >= 15 is 0 Å². The van der Waals surface area contributed by atoms with E-state index in [2.05, 4.69) is 5.32 Å². The van der Waals surface area contributed by atoms with Crippen molar-refractivity contribution < 1.29 is 32.4 Å². The van der Waals surface area contributed by atoms with Gasteiger partial charge in [-0.05, 0) is 71.6 Å². The molecule has 0 atom stereocenters. The molecule has 2 fully saturated rings. The first kappa shape index (κ1) is 25.4. The molecule has 2 saturated heterocycles. The highest BCUT2D eigenvalue weighted by atomic mass is 19.3. The lowest BCUT2D eigenvalue weighted by molar-refractivity contribution is 0.00578. The van der Waals surface area contributed by atoms with Crippen LogP contribution in [-0.2, 0) is 20.6 Å². The van der Waals surface area contributed by atoms with Crippen LogP contribution < -0.4 is 10.8 Å². The number of rotatable bonds is 4. The van der Waals surface area contributed by atoms with Gasteiger partial charge in [0.15, 0.2) is 0 Å². The van der Waals surface area contributed by atoms with Gasteiger partial charge in [-0.15, -0.1) is 0 Å². The van der Waals surface area contributed by atoms with Gasteiger partial charge in [0.2, 0.25) is 0 Å². The van der Waals surface area contributed by atoms with Gasteiger partial charge in [0, 0.05) is 25.1 Å². The molecule has 2 aliphatic heterocycles. The molecule has 0 aliphatic carbocycles. The van der Waals surface area contributed by atoms with Crippen molar-refractivity contribution in [2.75, 3.05) is 13.1 Å². The van der Waals surface area contributed by atoms with E-state index in [4.69, 9.17) is 14.0 Å². The normalized spacial score (nSPS) is 21.2. The number of alkyl carbamates (subject to hydrolysis) is 1. The minimum atomic E-state index is -2.89. The number of hydrogen-bond donors (Lipinski definition) is 1. The zero-order valence-electron chi connectivity index (χ0n) is 20.4. The summed E-state index contributed by atoms with van der Waals surface area (Å²) in [6, 6.07) is 4.97. The Morgan fingerprint density at radius 1 is 1.12 bits per heavy atom. The first-order chi connectivity index (χ1) is 15.0. The summed E-state index contributed by atoms with van der Waals surface area (Å²) >= 11 is 0. The minimum absolute atomic E-state index is 0.0158. The molecule has 1 aromatic carbocycles. The Kier molecular flexibility index (Phi) is 6.58. The van der Waals surface area contributed by atoms with E-state index in [1.54, 1.807) is 39.0 Å². The quantitative estimate of drug-likeness (QED) is 0.688. The molecule has 0 spiro atoms. The van der Waals surface area contributed by atoms with E-state index < -0.39 is 48.4 Å². The molecule has 2 heterocycles. The van der Waals surface area contributed by atoms with Crippen LogP contribution in [0.1, 0.15) is 70.8 Å². The number of hydrogen-bond acceptors (Lipinski definition) is 5. The van der Waals surface area contributed by atoms with Gasteiger partial charge < -0.3 is 24.3 Å². The summed E-state index contributed by atoms with van der Waals surface area (Å²) in [6.45, 7) is 12.4. The second-order valence-corrected chi connectivity index (χ2v) is 10.7. The number of likely N-dealkylation sites (tertiary alicyclic amines) is 1. The Hall–Kier alpha value is -2.20. The second kappa shape index (κ2) is 8.54. The van der Waals surface area contributed by atoms with Crippen molar-refractivity contribution in [2.45, 2.75) is 84.2 Å². The molecular weight excluding hydrogens is 433 g/mol. The molecule has 2 amide bonds. The summed E-state index contributed by atoms with van der Waals surface area (Å²) in [7, 11) is -0.747. The fraction of sp³-hybridized carbons (Fsp3) is 0.652. The van der Waals surface area contributed by atoms with E-state index in [1.807, 2.05) is 27.7 Å². The Morgan fingerprint density at radius 2 is 1.73 bits per heavy atom. The maximum absolute atomic E-state index is 13.7. The number of carbonyl (C=O) groups excluding carboxylic acids is 2. The summed E-state index contributed by atoms with van der Waals surface area (Å²) < 4.78 is 44.9. The highest BCUT2D eigenvalue weighted by molar-refractivity contribution is 6.62. The van der Waals surface area contributed by atoms with Gasteiger partial charge in [0.25, 0.3) is 11.8 Å². The van der Waals surface area contributed by atoms with Gasteiger partial charge in [0.1, 0.15) is 5.60 Å². The molecule has 33 heavy (non-hydrogen) atoms. The fourth-order valence-corrected chi connectivity index (χ4v) is 3.64. The predicted molar refractivity (Wildman–Crippen MR) is 121 cm³/mol. The number of halogens is 2. The van der Waals surface area contributed by atoms with Crippen molar-refractivity contribution in [3.8, 4) is 0 Å². The van der Waals surface area contributed by atoms with Gasteiger partial charge in [-0.1, -0.05) is 6.07 Å². The highest BCUT2D eigenvalue weighted by Crippen LogP contribution is 2.36. The molecule has 1 N–H and O–H groups in total. The van der Waals surface area contributed by atoms with Crippen LogP contribution in [0.15, 0.2) is 18.2 Å². The number of alkyl halides is 2. The SMILES string of the molecule is CC(C)(C)OC(=O)NCc1cc(B2OC(C)(C)C(C)(C)O2)cc(C(=O)N2CCC(F)(F)C2)c1. The summed E-state index contributed by atoms with van der Waals surface area (Å²) in [5.41, 5.74) is -0.432. The third-order valence-corrected chi connectivity index (χ3v) is 6.08. The van der Waals surface area contributed by atoms with Crippen molar-refractivity contribution in [2.24, 2.45) is 0 Å². The lowest BCUT2D eigenvalue weighted by atomic mass is 9.77. The Bertz CT molecular complexity index is 914. The van der Waals surface area contributed by atoms with Gasteiger partial charge >= 0.3 is 13.2 Å². The lowest BCUT2D eigenvalue weighted by Gasteiger charge is -2.32. The molecule has 0 aromatic heterocycles. The fourth-order valence-electron chi connectivity index (χ4n) is 3.64. The van der Waals surface area contributed by atoms with Crippen molar-refractivity contribution in [3.05, 3.63) is 29.3 Å². The molecule has 10 heteroatoms. The lowest BCUT2D eigenvalue weighted by Crippen LogP contribution is -2.41. The van der Waals surface area contributed by atoms with Crippen LogP contribution in [0.4, 0.5) is 13.6 Å². The molecule has 0 unspecified atom stereocenters. The second-order valence-electron chi connectivity index (χ2n) is 10.7. The standard InChI is InChI=1S/C23H33BF2N2O5/c1-20(2,3)31-19(30)27-13-15-10-16(18(29)28-9-8-23(25,26)14-28)12-17(11-15)24-32-21(4,5)22(6,7)33-24/h10-12H,8-9,13-14H2,1-7H3,(H,27,30). The molecule has 0 bridgehead atoms. The van der Waals surface area contributed by atoms with Crippen molar-refractivity contribution in [3.63, 3.8) is 0 Å². The van der Waals surface area contributed by atoms with Crippen LogP contribution in [0.25, 0.3) is 0 Å². The number of nitrogens with zero attached hydrogens (tertiary/aromatic N) is 1. The van der Waals surface area contributed by atoms with E-state index in [1.165, 1.54) is 0 Å². The highest BCUT2D eigenvalue weighted by Gasteiger charge is 2.52. The number of ether oxygens (including phenoxy) is 1. The van der Waals surface area contributed by atoms with Crippen molar-refractivity contribution in [1.82, 2.24) is 10.2 Å². The van der Waals surface area contributed by atoms with E-state index in [0.29, 0.717) is 11.0 Å². The average molecular weight is 466 g/mol. The number of benzene rings is 1. The van der Waals surface area contributed by atoms with Crippen LogP contribution >= 0.6 is 0 Å². The zero-order chi connectivity index (χ0) is 24.8. The smallest absolute Gasteiger partial charge is 0.444 e. The monoisotopic (exact) mass is 466 g/mol. The van der Waals surface area contributed by atoms with E-state index in [-0.39, 0.29) is 25.1 Å². The third kappa shape index (κ3) is 6.03. The van der Waals surface area contributed by atoms with Crippen LogP contribution in [0.2, 0.25) is 0 Å². The summed E-state index contributed by atoms with van der Waals surface area (Å²) in [6.07, 6.45) is -0.960. The summed E-state index contributed by atoms with van der Waals surface area (Å²) in [4.78, 5) is 26.3. The number of nitrogens with one attached hydrogen (secondary N) is 1. The molecule has 0 saturated carbocycles. The van der Waals surface area contributed by atoms with Crippen LogP contribution in [0.3, 0.4) is 0 Å². The van der Waals surface area contributed by atoms with Gasteiger partial charge in [-0.25, -0.2) is 13.6 Å². The third-order valence-electron chi connectivity index (χ3n) is 6.08. The molecule has 7 nitrogen and oxygen atoms in total. The summed E-state index contributed by atoms with van der Waals surface area (Å²) in [5, 5.41) is 2.67. The molecular formula is C23H33BF2N2O5. The average Bonchev–Trinajstić information content (AvgIpc) is 3.13. The first-order valence-corrected chi connectivity index (χ1v) is 11.1. The van der Waals surface area contributed by atoms with Crippen molar-refractivity contribution in [1.29, 1.82) is 0 Å². The van der Waals surface area contributed by atoms with Gasteiger partial charge in [-0.3, -0.25) is 4.79 Å². The van der Waals surface area contributed by atoms with Crippen molar-refractivity contribution >= 4 is 24.6 Å². The van der Waals surface area contributed by atoms with Crippen LogP contribution in [0, 0.1) is 0 Å². The number of amides is 2. The molecule has 1 aromatic rings. The van der Waals surface area contributed by atoms with E-state index in [0.717, 1.165) is 4.90 Å². The Balaban J connectivity index is 1.88. The molecule has 0 radical (unpaired) electrons. The first-order valence-electron chi connectivity index (χ1n) is 11.1. The minimum Gasteiger partial charge on any atom is -0.444 e. The Morgan fingerprint density at radius 3 is 2.24 bits per heavy atom. The van der Waals surface area contributed by atoms with Gasteiger partial charge in [0.05, 0.1) is 17.7 Å². The Labute approximate surface area is 194 Å². The molecule has 182 valence electrons. The van der Waals surface area contributed by atoms with Gasteiger partial charge in [-0.2, -0.15) is 0 Å². The zero-order valence-corrected chi connectivity index (χ0v) is 20.4. The molecule has 3 rings (SSSR count). The summed E-state index contributed by atoms with van der Waals surface area (Å²) in [5.74, 6) is -3.39. The maximum atomic E-state index is 13.7. The maximum Gasteiger partial charge on any atom is 0.494 e. The van der Waals surface area contributed by atoms with E-state index in [9.17, 15) is 18.4 Å². The van der Waals surface area contributed by atoms with Crippen LogP contribution in [-0.4, -0.2) is 59.8 Å². The predicted octanol–water partition coefficient (Wildman–Crippen LogP) is 3.49.